The van der Waals surface area contributed by atoms with Crippen LogP contribution in [0.25, 0.3) is 0 Å². The van der Waals surface area contributed by atoms with Gasteiger partial charge in [-0.25, -0.2) is 0 Å². The first-order chi connectivity index (χ1) is 7.10. The minimum absolute atomic E-state index is 0.0743. The number of hydrogen-bond donors (Lipinski definition) is 1. The molecule has 15 heavy (non-hydrogen) atoms. The minimum atomic E-state index is -0.300. The summed E-state index contributed by atoms with van der Waals surface area (Å²) in [6, 6.07) is 0.331. The van der Waals surface area contributed by atoms with Crippen LogP contribution in [0.4, 0.5) is 0 Å². The Kier molecular flexibility index (Phi) is 9.03. The van der Waals surface area contributed by atoms with Gasteiger partial charge in [-0.05, 0) is 32.6 Å². The number of nitrogens with one attached hydrogen (secondary N) is 1. The highest BCUT2D eigenvalue weighted by molar-refractivity contribution is 7.51. The Hall–Kier alpha value is -0.140. The van der Waals surface area contributed by atoms with Gasteiger partial charge in [0, 0.05) is 27.7 Å². The van der Waals surface area contributed by atoms with Gasteiger partial charge >= 0.3 is 0 Å². The molecule has 0 aliphatic carbocycles. The van der Waals surface area contributed by atoms with Crippen LogP contribution < -0.4 is 5.32 Å². The highest BCUT2D eigenvalue weighted by Gasteiger charge is 2.11. The normalized spacial score (nSPS) is 14.7. The molecule has 0 saturated carbocycles. The molecule has 0 heterocycles. The van der Waals surface area contributed by atoms with Gasteiger partial charge in [0.15, 0.2) is 0 Å². The summed E-state index contributed by atoms with van der Waals surface area (Å²) < 4.78 is 5.53. The first-order valence-electron chi connectivity index (χ1n) is 5.71. The molecular formula is C11H24NO2P. The van der Waals surface area contributed by atoms with E-state index >= 15 is 0 Å². The van der Waals surface area contributed by atoms with Crippen molar-refractivity contribution < 1.29 is 9.32 Å². The average molecular weight is 233 g/mol. The number of carbonyl (C=O) groups is 1. The van der Waals surface area contributed by atoms with Crippen molar-refractivity contribution in [2.45, 2.75) is 46.1 Å². The largest absolute Gasteiger partial charge is 0.360 e. The summed E-state index contributed by atoms with van der Waals surface area (Å²) in [4.78, 5) is 11.0. The first kappa shape index (κ1) is 14.9. The zero-order valence-corrected chi connectivity index (χ0v) is 11.3. The zero-order chi connectivity index (χ0) is 11.7. The van der Waals surface area contributed by atoms with Gasteiger partial charge in [0.2, 0.25) is 5.91 Å². The Balaban J connectivity index is 3.78. The fourth-order valence-electron chi connectivity index (χ4n) is 1.55. The number of rotatable bonds is 8. The van der Waals surface area contributed by atoms with E-state index < -0.39 is 0 Å². The lowest BCUT2D eigenvalue weighted by molar-refractivity contribution is -0.119. The fraction of sp³-hybridized carbons (Fsp3) is 0.909. The molecule has 0 aliphatic rings. The first-order valence-corrected chi connectivity index (χ1v) is 7.60. The van der Waals surface area contributed by atoms with Crippen LogP contribution in [-0.4, -0.2) is 31.4 Å². The van der Waals surface area contributed by atoms with Gasteiger partial charge in [-0.3, -0.25) is 4.79 Å². The topological polar surface area (TPSA) is 38.3 Å². The zero-order valence-electron chi connectivity index (χ0n) is 10.4. The lowest BCUT2D eigenvalue weighted by Gasteiger charge is -2.19. The van der Waals surface area contributed by atoms with E-state index in [1.54, 1.807) is 6.92 Å². The van der Waals surface area contributed by atoms with E-state index in [0.29, 0.717) is 6.04 Å². The summed E-state index contributed by atoms with van der Waals surface area (Å²) in [7, 11) is -0.300. The van der Waals surface area contributed by atoms with Crippen molar-refractivity contribution in [3.8, 4) is 0 Å². The highest BCUT2D eigenvalue weighted by Crippen LogP contribution is 2.32. The molecule has 0 aromatic carbocycles. The molecule has 2 unspecified atom stereocenters. The van der Waals surface area contributed by atoms with Crippen LogP contribution in [0.2, 0.25) is 0 Å². The SMILES string of the molecule is CCCC(CCP(C)OCC)NC(C)=O. The van der Waals surface area contributed by atoms with Crippen molar-refractivity contribution in [1.82, 2.24) is 5.32 Å². The Morgan fingerprint density at radius 2 is 2.07 bits per heavy atom. The summed E-state index contributed by atoms with van der Waals surface area (Å²) in [6.07, 6.45) is 4.29. The lowest BCUT2D eigenvalue weighted by Crippen LogP contribution is -2.33. The molecule has 0 fully saturated rings. The van der Waals surface area contributed by atoms with Crippen molar-refractivity contribution in [1.29, 1.82) is 0 Å². The van der Waals surface area contributed by atoms with Crippen molar-refractivity contribution in [2.24, 2.45) is 0 Å². The van der Waals surface area contributed by atoms with E-state index in [0.717, 1.165) is 32.0 Å². The van der Waals surface area contributed by atoms with Crippen LogP contribution in [0.3, 0.4) is 0 Å². The van der Waals surface area contributed by atoms with Gasteiger partial charge in [-0.1, -0.05) is 13.3 Å². The van der Waals surface area contributed by atoms with Crippen molar-refractivity contribution >= 4 is 14.1 Å². The number of hydrogen-bond acceptors (Lipinski definition) is 2. The van der Waals surface area contributed by atoms with E-state index in [1.165, 1.54) is 0 Å². The third-order valence-corrected chi connectivity index (χ3v) is 3.77. The molecule has 4 heteroatoms. The fourth-order valence-corrected chi connectivity index (χ4v) is 2.79. The molecule has 3 nitrogen and oxygen atoms in total. The second-order valence-corrected chi connectivity index (χ2v) is 5.71. The van der Waals surface area contributed by atoms with E-state index in [4.69, 9.17) is 4.52 Å². The summed E-state index contributed by atoms with van der Waals surface area (Å²) in [6.45, 7) is 8.69. The number of carbonyl (C=O) groups excluding carboxylic acids is 1. The maximum atomic E-state index is 11.0. The van der Waals surface area contributed by atoms with E-state index in [1.807, 2.05) is 6.92 Å². The molecule has 1 amide bonds. The monoisotopic (exact) mass is 233 g/mol. The van der Waals surface area contributed by atoms with Crippen LogP contribution in [0, 0.1) is 0 Å². The molecule has 1 N–H and O–H groups in total. The third-order valence-electron chi connectivity index (χ3n) is 2.19. The average Bonchev–Trinajstić information content (AvgIpc) is 2.14. The molecule has 0 bridgehead atoms. The quantitative estimate of drug-likeness (QED) is 0.655. The van der Waals surface area contributed by atoms with Crippen molar-refractivity contribution in [2.75, 3.05) is 19.4 Å². The smallest absolute Gasteiger partial charge is 0.217 e. The van der Waals surface area contributed by atoms with Gasteiger partial charge in [0.25, 0.3) is 0 Å². The second kappa shape index (κ2) is 9.11. The second-order valence-electron chi connectivity index (χ2n) is 3.74. The highest BCUT2D eigenvalue weighted by atomic mass is 31.1. The summed E-state index contributed by atoms with van der Waals surface area (Å²) in [5.41, 5.74) is 0. The third kappa shape index (κ3) is 8.83. The van der Waals surface area contributed by atoms with Crippen LogP contribution in [0.5, 0.6) is 0 Å². The van der Waals surface area contributed by atoms with E-state index in [9.17, 15) is 4.79 Å². The lowest BCUT2D eigenvalue weighted by atomic mass is 10.1. The molecule has 0 aromatic rings. The van der Waals surface area contributed by atoms with Crippen LogP contribution in [0.15, 0.2) is 0 Å². The molecule has 90 valence electrons. The summed E-state index contributed by atoms with van der Waals surface area (Å²) in [5, 5.41) is 2.99. The maximum Gasteiger partial charge on any atom is 0.217 e. The van der Waals surface area contributed by atoms with Crippen LogP contribution in [0.1, 0.15) is 40.0 Å². The predicted octanol–water partition coefficient (Wildman–Crippen LogP) is 2.74. The summed E-state index contributed by atoms with van der Waals surface area (Å²) in [5.74, 6) is 0.0743. The molecule has 0 rings (SSSR count). The Bertz CT molecular complexity index is 176. The van der Waals surface area contributed by atoms with E-state index in [2.05, 4.69) is 18.9 Å². The Morgan fingerprint density at radius 3 is 2.53 bits per heavy atom. The molecule has 0 aliphatic heterocycles. The molecule has 2 atom stereocenters. The molecule has 0 radical (unpaired) electrons. The summed E-state index contributed by atoms with van der Waals surface area (Å²) >= 11 is 0. The van der Waals surface area contributed by atoms with Gasteiger partial charge < -0.3 is 9.84 Å². The van der Waals surface area contributed by atoms with E-state index in [-0.39, 0.29) is 14.1 Å². The molecule has 0 spiro atoms. The number of amides is 1. The predicted molar refractivity (Wildman–Crippen MR) is 66.5 cm³/mol. The van der Waals surface area contributed by atoms with Crippen molar-refractivity contribution in [3.63, 3.8) is 0 Å². The molecular weight excluding hydrogens is 209 g/mol. The standard InChI is InChI=1S/C11H24NO2P/c1-5-7-11(12-10(3)13)8-9-15(4)14-6-2/h11H,5-9H2,1-4H3,(H,12,13). The Labute approximate surface area is 94.8 Å². The van der Waals surface area contributed by atoms with Crippen LogP contribution >= 0.6 is 8.15 Å². The van der Waals surface area contributed by atoms with Gasteiger partial charge in [0.05, 0.1) is 0 Å². The van der Waals surface area contributed by atoms with Gasteiger partial charge in [-0.15, -0.1) is 0 Å². The molecule has 0 saturated heterocycles. The Morgan fingerprint density at radius 1 is 1.40 bits per heavy atom. The van der Waals surface area contributed by atoms with Crippen molar-refractivity contribution in [3.05, 3.63) is 0 Å². The van der Waals surface area contributed by atoms with Crippen LogP contribution in [-0.2, 0) is 9.32 Å². The molecule has 0 aromatic heterocycles. The van der Waals surface area contributed by atoms with Gasteiger partial charge in [0.1, 0.15) is 0 Å². The minimum Gasteiger partial charge on any atom is -0.360 e. The van der Waals surface area contributed by atoms with Gasteiger partial charge in [-0.2, -0.15) is 0 Å². The maximum absolute atomic E-state index is 11.0.